The molecule has 0 spiro atoms. The second-order valence-electron chi connectivity index (χ2n) is 5.80. The Balaban J connectivity index is 1.66. The van der Waals surface area contributed by atoms with Crippen molar-refractivity contribution in [2.75, 3.05) is 12.4 Å². The molecule has 1 heterocycles. The highest BCUT2D eigenvalue weighted by atomic mass is 16.5. The first-order valence-corrected chi connectivity index (χ1v) is 7.73. The fourth-order valence-corrected chi connectivity index (χ4v) is 2.92. The van der Waals surface area contributed by atoms with Crippen LogP contribution in [0.3, 0.4) is 0 Å². The molecule has 2 N–H and O–H groups in total. The maximum absolute atomic E-state index is 12.4. The highest BCUT2D eigenvalue weighted by Gasteiger charge is 2.25. The topological polar surface area (TPSA) is 88.5 Å². The normalized spacial score (nSPS) is 16.1. The van der Waals surface area contributed by atoms with Crippen molar-refractivity contribution >= 4 is 17.6 Å². The maximum atomic E-state index is 12.4. The van der Waals surface area contributed by atoms with Crippen molar-refractivity contribution in [3.8, 4) is 5.75 Å². The summed E-state index contributed by atoms with van der Waals surface area (Å²) >= 11 is 0. The lowest BCUT2D eigenvalue weighted by atomic mass is 9.83. The zero-order valence-electron chi connectivity index (χ0n) is 13.3. The third-order valence-electron chi connectivity index (χ3n) is 4.26. The van der Waals surface area contributed by atoms with E-state index >= 15 is 0 Å². The molecule has 1 aliphatic rings. The largest absolute Gasteiger partial charge is 0.497 e. The van der Waals surface area contributed by atoms with Crippen molar-refractivity contribution < 1.29 is 19.4 Å². The van der Waals surface area contributed by atoms with E-state index in [9.17, 15) is 9.59 Å². The van der Waals surface area contributed by atoms with Crippen LogP contribution in [-0.4, -0.2) is 29.1 Å². The van der Waals surface area contributed by atoms with Crippen LogP contribution >= 0.6 is 0 Å². The van der Waals surface area contributed by atoms with E-state index in [1.165, 1.54) is 23.4 Å². The Morgan fingerprint density at radius 1 is 1.25 bits per heavy atom. The highest BCUT2D eigenvalue weighted by Crippen LogP contribution is 2.29. The molecule has 1 aromatic carbocycles. The van der Waals surface area contributed by atoms with Gasteiger partial charge in [-0.15, -0.1) is 0 Å². The number of nitrogens with zero attached hydrogens (tertiary/aromatic N) is 1. The van der Waals surface area contributed by atoms with Gasteiger partial charge in [-0.1, -0.05) is 6.07 Å². The summed E-state index contributed by atoms with van der Waals surface area (Å²) in [6.45, 7) is 0. The Kier molecular flexibility index (Phi) is 4.46. The number of pyridine rings is 1. The predicted molar refractivity (Wildman–Crippen MR) is 88.3 cm³/mol. The van der Waals surface area contributed by atoms with Gasteiger partial charge in [0.2, 0.25) is 5.91 Å². The van der Waals surface area contributed by atoms with Crippen LogP contribution in [0.4, 0.5) is 5.69 Å². The highest BCUT2D eigenvalue weighted by molar-refractivity contribution is 5.93. The second kappa shape index (κ2) is 6.70. The first kappa shape index (κ1) is 16.0. The number of carbonyl (C=O) groups is 2. The third kappa shape index (κ3) is 3.37. The Morgan fingerprint density at radius 2 is 2.08 bits per heavy atom. The van der Waals surface area contributed by atoms with Gasteiger partial charge >= 0.3 is 5.97 Å². The number of amides is 1. The van der Waals surface area contributed by atoms with Gasteiger partial charge < -0.3 is 15.2 Å². The molecule has 0 aliphatic heterocycles. The summed E-state index contributed by atoms with van der Waals surface area (Å²) in [7, 11) is 1.64. The molecule has 124 valence electrons. The number of aromatic nitrogens is 1. The molecule has 1 amide bonds. The van der Waals surface area contributed by atoms with E-state index in [4.69, 9.17) is 9.84 Å². The van der Waals surface area contributed by atoms with Crippen LogP contribution in [0, 0.1) is 5.92 Å². The predicted octanol–water partition coefficient (Wildman–Crippen LogP) is 2.53. The standard InChI is InChI=1S/C18H18N2O4/c1-24-15-6-4-11-8-13(3-2-12(11)9-15)17(21)20-14-5-7-16(18(22)23)19-10-14/h4-7,9-10,13H,2-3,8H2,1H3,(H,20,21)(H,22,23)/t13-/m0/s1. The van der Waals surface area contributed by atoms with Gasteiger partial charge in [-0.05, 0) is 54.7 Å². The molecular weight excluding hydrogens is 308 g/mol. The van der Waals surface area contributed by atoms with Crippen LogP contribution < -0.4 is 10.1 Å². The van der Waals surface area contributed by atoms with E-state index in [-0.39, 0.29) is 17.5 Å². The molecule has 0 saturated heterocycles. The van der Waals surface area contributed by atoms with Crippen molar-refractivity contribution in [3.63, 3.8) is 0 Å². The van der Waals surface area contributed by atoms with Gasteiger partial charge in [-0.2, -0.15) is 0 Å². The molecule has 24 heavy (non-hydrogen) atoms. The number of carboxylic acids is 1. The lowest BCUT2D eigenvalue weighted by Gasteiger charge is -2.24. The van der Waals surface area contributed by atoms with Gasteiger partial charge in [-0.25, -0.2) is 9.78 Å². The number of rotatable bonds is 4. The minimum Gasteiger partial charge on any atom is -0.497 e. The number of aryl methyl sites for hydroxylation is 1. The van der Waals surface area contributed by atoms with Crippen molar-refractivity contribution in [3.05, 3.63) is 53.3 Å². The Morgan fingerprint density at radius 3 is 2.75 bits per heavy atom. The number of ether oxygens (including phenoxy) is 1. The Bertz CT molecular complexity index is 771. The van der Waals surface area contributed by atoms with E-state index in [1.54, 1.807) is 13.2 Å². The summed E-state index contributed by atoms with van der Waals surface area (Å²) in [5, 5.41) is 11.6. The molecule has 6 nitrogen and oxygen atoms in total. The third-order valence-corrected chi connectivity index (χ3v) is 4.26. The van der Waals surface area contributed by atoms with Crippen LogP contribution in [0.15, 0.2) is 36.5 Å². The van der Waals surface area contributed by atoms with E-state index in [0.29, 0.717) is 12.1 Å². The zero-order valence-corrected chi connectivity index (χ0v) is 13.3. The summed E-state index contributed by atoms with van der Waals surface area (Å²) in [4.78, 5) is 27.0. The number of fused-ring (bicyclic) bond motifs is 1. The average molecular weight is 326 g/mol. The molecule has 0 fully saturated rings. The maximum Gasteiger partial charge on any atom is 0.354 e. The van der Waals surface area contributed by atoms with Crippen LogP contribution in [-0.2, 0) is 17.6 Å². The lowest BCUT2D eigenvalue weighted by Crippen LogP contribution is -2.28. The molecule has 0 radical (unpaired) electrons. The first-order valence-electron chi connectivity index (χ1n) is 7.73. The summed E-state index contributed by atoms with van der Waals surface area (Å²) in [6.07, 6.45) is 3.66. The number of aromatic carboxylic acids is 1. The fraction of sp³-hybridized carbons (Fsp3) is 0.278. The number of carbonyl (C=O) groups excluding carboxylic acids is 1. The quantitative estimate of drug-likeness (QED) is 0.901. The monoisotopic (exact) mass is 326 g/mol. The lowest BCUT2D eigenvalue weighted by molar-refractivity contribution is -0.120. The SMILES string of the molecule is COc1ccc2c(c1)CC[C@H](C(=O)Nc1ccc(C(=O)O)nc1)C2. The molecule has 1 atom stereocenters. The van der Waals surface area contributed by atoms with Crippen molar-refractivity contribution in [2.24, 2.45) is 5.92 Å². The van der Waals surface area contributed by atoms with E-state index < -0.39 is 5.97 Å². The van der Waals surface area contributed by atoms with Crippen molar-refractivity contribution in [1.29, 1.82) is 0 Å². The Hall–Kier alpha value is -2.89. The van der Waals surface area contributed by atoms with E-state index in [1.807, 2.05) is 18.2 Å². The summed E-state index contributed by atoms with van der Waals surface area (Å²) in [5.41, 5.74) is 2.85. The fourth-order valence-electron chi connectivity index (χ4n) is 2.92. The summed E-state index contributed by atoms with van der Waals surface area (Å²) in [6, 6.07) is 8.87. The molecule has 0 saturated carbocycles. The average Bonchev–Trinajstić information content (AvgIpc) is 2.61. The van der Waals surface area contributed by atoms with Crippen LogP contribution in [0.25, 0.3) is 0 Å². The van der Waals surface area contributed by atoms with Crippen molar-refractivity contribution in [1.82, 2.24) is 4.98 Å². The van der Waals surface area contributed by atoms with Crippen LogP contribution in [0.5, 0.6) is 5.75 Å². The first-order chi connectivity index (χ1) is 11.6. The van der Waals surface area contributed by atoms with Crippen LogP contribution in [0.1, 0.15) is 28.0 Å². The molecule has 6 heteroatoms. The van der Waals surface area contributed by atoms with Crippen molar-refractivity contribution in [2.45, 2.75) is 19.3 Å². The minimum atomic E-state index is -1.09. The van der Waals surface area contributed by atoms with Gasteiger partial charge in [0.1, 0.15) is 11.4 Å². The molecule has 3 rings (SSSR count). The number of carboxylic acid groups (broad SMARTS) is 1. The molecule has 0 bridgehead atoms. The number of methoxy groups -OCH3 is 1. The molecule has 1 aromatic heterocycles. The number of anilines is 1. The molecule has 1 aliphatic carbocycles. The minimum absolute atomic E-state index is 0.0476. The summed E-state index contributed by atoms with van der Waals surface area (Å²) in [5.74, 6) is -0.431. The van der Waals surface area contributed by atoms with Gasteiger partial charge in [0.15, 0.2) is 0 Å². The van der Waals surface area contributed by atoms with Crippen LogP contribution in [0.2, 0.25) is 0 Å². The molecule has 2 aromatic rings. The van der Waals surface area contributed by atoms with Gasteiger partial charge in [0.05, 0.1) is 19.0 Å². The van der Waals surface area contributed by atoms with E-state index in [2.05, 4.69) is 10.3 Å². The smallest absolute Gasteiger partial charge is 0.354 e. The van der Waals surface area contributed by atoms with E-state index in [0.717, 1.165) is 18.6 Å². The number of nitrogens with one attached hydrogen (secondary N) is 1. The zero-order chi connectivity index (χ0) is 17.1. The van der Waals surface area contributed by atoms with Gasteiger partial charge in [-0.3, -0.25) is 4.79 Å². The number of hydrogen-bond acceptors (Lipinski definition) is 4. The molecular formula is C18H18N2O4. The summed E-state index contributed by atoms with van der Waals surface area (Å²) < 4.78 is 5.23. The number of benzene rings is 1. The van der Waals surface area contributed by atoms with Gasteiger partial charge in [0, 0.05) is 5.92 Å². The number of hydrogen-bond donors (Lipinski definition) is 2. The molecule has 0 unspecified atom stereocenters. The Labute approximate surface area is 139 Å². The second-order valence-corrected chi connectivity index (χ2v) is 5.80. The van der Waals surface area contributed by atoms with Gasteiger partial charge in [0.25, 0.3) is 0 Å².